The Hall–Kier alpha value is 0.310. The van der Waals surface area contributed by atoms with E-state index in [9.17, 15) is 0 Å². The molecule has 12 heavy (non-hydrogen) atoms. The standard InChI is InChI=1S/C10H23NS/c1-5-6-7-8-12-10(3)9(2)11-4/h9-11H,5-8H2,1-4H3. The van der Waals surface area contributed by atoms with Gasteiger partial charge in [-0.1, -0.05) is 26.7 Å². The molecule has 2 atom stereocenters. The van der Waals surface area contributed by atoms with Gasteiger partial charge in [-0.15, -0.1) is 0 Å². The van der Waals surface area contributed by atoms with Crippen molar-refractivity contribution in [2.45, 2.75) is 51.3 Å². The first-order valence-corrected chi connectivity index (χ1v) is 6.06. The Morgan fingerprint density at radius 1 is 1.25 bits per heavy atom. The summed E-state index contributed by atoms with van der Waals surface area (Å²) in [6.07, 6.45) is 4.09. The molecule has 2 unspecified atom stereocenters. The quantitative estimate of drug-likeness (QED) is 0.618. The Kier molecular flexibility index (Phi) is 8.14. The normalized spacial score (nSPS) is 16.0. The summed E-state index contributed by atoms with van der Waals surface area (Å²) < 4.78 is 0. The summed E-state index contributed by atoms with van der Waals surface area (Å²) in [4.78, 5) is 0. The topological polar surface area (TPSA) is 12.0 Å². The lowest BCUT2D eigenvalue weighted by molar-refractivity contribution is 0.605. The van der Waals surface area contributed by atoms with Crippen LogP contribution in [-0.2, 0) is 0 Å². The fourth-order valence-corrected chi connectivity index (χ4v) is 2.17. The van der Waals surface area contributed by atoms with Crippen molar-refractivity contribution in [1.82, 2.24) is 5.32 Å². The number of hydrogen-bond acceptors (Lipinski definition) is 2. The molecular formula is C10H23NS. The van der Waals surface area contributed by atoms with E-state index in [1.165, 1.54) is 25.0 Å². The van der Waals surface area contributed by atoms with Crippen molar-refractivity contribution in [3.05, 3.63) is 0 Å². The van der Waals surface area contributed by atoms with E-state index in [1.807, 2.05) is 7.05 Å². The summed E-state index contributed by atoms with van der Waals surface area (Å²) in [7, 11) is 2.04. The smallest absolute Gasteiger partial charge is 0.0170 e. The summed E-state index contributed by atoms with van der Waals surface area (Å²) in [6.45, 7) is 6.81. The summed E-state index contributed by atoms with van der Waals surface area (Å²) in [5.74, 6) is 1.32. The maximum absolute atomic E-state index is 3.28. The number of rotatable bonds is 7. The van der Waals surface area contributed by atoms with E-state index < -0.39 is 0 Å². The summed E-state index contributed by atoms with van der Waals surface area (Å²) in [5, 5.41) is 4.03. The van der Waals surface area contributed by atoms with Crippen LogP contribution in [0, 0.1) is 0 Å². The lowest BCUT2D eigenvalue weighted by Gasteiger charge is -2.18. The van der Waals surface area contributed by atoms with Gasteiger partial charge in [-0.05, 0) is 26.1 Å². The number of hydrogen-bond donors (Lipinski definition) is 1. The van der Waals surface area contributed by atoms with Crippen molar-refractivity contribution in [2.24, 2.45) is 0 Å². The van der Waals surface area contributed by atoms with E-state index in [0.29, 0.717) is 6.04 Å². The molecule has 74 valence electrons. The Morgan fingerprint density at radius 3 is 2.42 bits per heavy atom. The first-order valence-electron chi connectivity index (χ1n) is 5.01. The minimum Gasteiger partial charge on any atom is -0.316 e. The third kappa shape index (κ3) is 5.90. The van der Waals surface area contributed by atoms with Crippen LogP contribution in [0.25, 0.3) is 0 Å². The molecule has 0 aromatic heterocycles. The van der Waals surface area contributed by atoms with Crippen molar-refractivity contribution in [1.29, 1.82) is 0 Å². The molecule has 0 aliphatic heterocycles. The third-order valence-electron chi connectivity index (χ3n) is 2.29. The van der Waals surface area contributed by atoms with Crippen LogP contribution in [0.1, 0.15) is 40.0 Å². The fraction of sp³-hybridized carbons (Fsp3) is 1.00. The Morgan fingerprint density at radius 2 is 1.92 bits per heavy atom. The van der Waals surface area contributed by atoms with Gasteiger partial charge in [0.1, 0.15) is 0 Å². The maximum Gasteiger partial charge on any atom is 0.0170 e. The SMILES string of the molecule is CCCCCSC(C)C(C)NC. The zero-order valence-corrected chi connectivity index (χ0v) is 9.71. The van der Waals surface area contributed by atoms with Crippen LogP contribution in [0.3, 0.4) is 0 Å². The van der Waals surface area contributed by atoms with Crippen molar-refractivity contribution in [2.75, 3.05) is 12.8 Å². The molecule has 1 N–H and O–H groups in total. The summed E-state index contributed by atoms with van der Waals surface area (Å²) >= 11 is 2.09. The average molecular weight is 189 g/mol. The molecule has 0 aliphatic carbocycles. The van der Waals surface area contributed by atoms with Gasteiger partial charge in [-0.3, -0.25) is 0 Å². The second-order valence-electron chi connectivity index (χ2n) is 3.36. The Balaban J connectivity index is 3.24. The van der Waals surface area contributed by atoms with Gasteiger partial charge in [-0.2, -0.15) is 11.8 Å². The molecule has 0 fully saturated rings. The maximum atomic E-state index is 3.28. The summed E-state index contributed by atoms with van der Waals surface area (Å²) in [5.41, 5.74) is 0. The average Bonchev–Trinajstić information content (AvgIpc) is 2.10. The molecule has 0 radical (unpaired) electrons. The molecule has 0 saturated carbocycles. The minimum absolute atomic E-state index is 0.636. The van der Waals surface area contributed by atoms with Crippen LogP contribution in [0.4, 0.5) is 0 Å². The molecule has 2 heteroatoms. The van der Waals surface area contributed by atoms with Gasteiger partial charge in [-0.25, -0.2) is 0 Å². The van der Waals surface area contributed by atoms with Gasteiger partial charge < -0.3 is 5.32 Å². The van der Waals surface area contributed by atoms with Crippen LogP contribution in [0.15, 0.2) is 0 Å². The van der Waals surface area contributed by atoms with Gasteiger partial charge in [0.25, 0.3) is 0 Å². The molecule has 0 aromatic rings. The van der Waals surface area contributed by atoms with Crippen molar-refractivity contribution < 1.29 is 0 Å². The molecule has 0 spiro atoms. The highest BCUT2D eigenvalue weighted by molar-refractivity contribution is 7.99. The Labute approximate surface area is 81.7 Å². The zero-order chi connectivity index (χ0) is 9.40. The first-order chi connectivity index (χ1) is 5.72. The molecule has 0 heterocycles. The highest BCUT2D eigenvalue weighted by Crippen LogP contribution is 2.16. The summed E-state index contributed by atoms with van der Waals surface area (Å²) in [6, 6.07) is 0.636. The van der Waals surface area contributed by atoms with Gasteiger partial charge in [0.05, 0.1) is 0 Å². The van der Waals surface area contributed by atoms with Gasteiger partial charge >= 0.3 is 0 Å². The number of unbranched alkanes of at least 4 members (excludes halogenated alkanes) is 2. The lowest BCUT2D eigenvalue weighted by atomic mass is 10.3. The van der Waals surface area contributed by atoms with Gasteiger partial charge in [0.15, 0.2) is 0 Å². The largest absolute Gasteiger partial charge is 0.316 e. The highest BCUT2D eigenvalue weighted by Gasteiger charge is 2.08. The molecule has 0 saturated heterocycles. The highest BCUT2D eigenvalue weighted by atomic mass is 32.2. The minimum atomic E-state index is 0.636. The molecule has 0 aliphatic rings. The number of thioether (sulfide) groups is 1. The predicted molar refractivity (Wildman–Crippen MR) is 60.0 cm³/mol. The van der Waals surface area contributed by atoms with Crippen molar-refractivity contribution in [3.63, 3.8) is 0 Å². The molecule has 0 rings (SSSR count). The lowest BCUT2D eigenvalue weighted by Crippen LogP contribution is -2.30. The molecular weight excluding hydrogens is 166 g/mol. The predicted octanol–water partition coefficient (Wildman–Crippen LogP) is 2.91. The number of nitrogens with one attached hydrogen (secondary N) is 1. The van der Waals surface area contributed by atoms with Crippen LogP contribution in [0.2, 0.25) is 0 Å². The molecule has 1 nitrogen and oxygen atoms in total. The van der Waals surface area contributed by atoms with E-state index >= 15 is 0 Å². The van der Waals surface area contributed by atoms with Crippen molar-refractivity contribution in [3.8, 4) is 0 Å². The second-order valence-corrected chi connectivity index (χ2v) is 4.85. The molecule has 0 bridgehead atoms. The third-order valence-corrected chi connectivity index (χ3v) is 3.75. The Bertz CT molecular complexity index is 95.8. The van der Waals surface area contributed by atoms with Gasteiger partial charge in [0, 0.05) is 11.3 Å². The zero-order valence-electron chi connectivity index (χ0n) is 8.89. The monoisotopic (exact) mass is 189 g/mol. The fourth-order valence-electron chi connectivity index (χ4n) is 1.00. The van der Waals surface area contributed by atoms with E-state index in [-0.39, 0.29) is 0 Å². The second kappa shape index (κ2) is 7.93. The van der Waals surface area contributed by atoms with Crippen LogP contribution < -0.4 is 5.32 Å². The van der Waals surface area contributed by atoms with Crippen LogP contribution in [0.5, 0.6) is 0 Å². The van der Waals surface area contributed by atoms with E-state index in [2.05, 4.69) is 37.8 Å². The molecule has 0 amide bonds. The van der Waals surface area contributed by atoms with Gasteiger partial charge in [0.2, 0.25) is 0 Å². The van der Waals surface area contributed by atoms with E-state index in [1.54, 1.807) is 0 Å². The van der Waals surface area contributed by atoms with Crippen LogP contribution >= 0.6 is 11.8 Å². The van der Waals surface area contributed by atoms with E-state index in [0.717, 1.165) is 5.25 Å². The van der Waals surface area contributed by atoms with Crippen LogP contribution in [-0.4, -0.2) is 24.1 Å². The molecule has 0 aromatic carbocycles. The van der Waals surface area contributed by atoms with Crippen molar-refractivity contribution >= 4 is 11.8 Å². The first kappa shape index (κ1) is 12.3. The van der Waals surface area contributed by atoms with E-state index in [4.69, 9.17) is 0 Å².